The average molecular weight is 294 g/mol. The van der Waals surface area contributed by atoms with Crippen molar-refractivity contribution in [1.29, 1.82) is 0 Å². The van der Waals surface area contributed by atoms with E-state index in [2.05, 4.69) is 19.2 Å². The highest BCUT2D eigenvalue weighted by atomic mass is 16.5. The number of hydrogen-bond acceptors (Lipinski definition) is 3. The molecule has 0 saturated carbocycles. The molecule has 0 aliphatic rings. The van der Waals surface area contributed by atoms with Crippen LogP contribution in [-0.2, 0) is 6.54 Å². The Kier molecular flexibility index (Phi) is 7.02. The number of hydrogen-bond donors (Lipinski definition) is 2. The molecule has 0 fully saturated rings. The fourth-order valence-corrected chi connectivity index (χ4v) is 1.67. The van der Waals surface area contributed by atoms with E-state index in [9.17, 15) is 4.79 Å². The molecule has 0 aliphatic carbocycles. The molecule has 1 rings (SSSR count). The monoisotopic (exact) mass is 294 g/mol. The van der Waals surface area contributed by atoms with Crippen LogP contribution in [0.15, 0.2) is 24.3 Å². The van der Waals surface area contributed by atoms with Gasteiger partial charge in [-0.15, -0.1) is 0 Å². The standard InChI is InChI=1S/C16H26N2O3/c1-12(2)11-21-15-8-6-5-7-14(15)9-17-16(20)18(4)13(3)10-19/h5-8,12-13,19H,9-11H2,1-4H3,(H,17,20). The number of nitrogens with one attached hydrogen (secondary N) is 1. The van der Waals surface area contributed by atoms with Crippen molar-refractivity contribution in [3.63, 3.8) is 0 Å². The van der Waals surface area contributed by atoms with Crippen molar-refractivity contribution in [1.82, 2.24) is 10.2 Å². The Bertz CT molecular complexity index is 449. The molecule has 1 aromatic rings. The Morgan fingerprint density at radius 3 is 2.62 bits per heavy atom. The van der Waals surface area contributed by atoms with Gasteiger partial charge in [0, 0.05) is 19.2 Å². The van der Waals surface area contributed by atoms with Crippen molar-refractivity contribution < 1.29 is 14.6 Å². The summed E-state index contributed by atoms with van der Waals surface area (Å²) in [5.74, 6) is 1.24. The molecule has 5 nitrogen and oxygen atoms in total. The molecule has 0 aliphatic heterocycles. The van der Waals surface area contributed by atoms with E-state index in [4.69, 9.17) is 9.84 Å². The number of aliphatic hydroxyl groups is 1. The maximum atomic E-state index is 12.0. The molecule has 2 N–H and O–H groups in total. The van der Waals surface area contributed by atoms with Crippen LogP contribution in [-0.4, -0.2) is 42.3 Å². The molecule has 0 heterocycles. The minimum Gasteiger partial charge on any atom is -0.493 e. The lowest BCUT2D eigenvalue weighted by atomic mass is 10.2. The highest BCUT2D eigenvalue weighted by Crippen LogP contribution is 2.18. The van der Waals surface area contributed by atoms with Crippen molar-refractivity contribution in [2.24, 2.45) is 5.92 Å². The third-order valence-corrected chi connectivity index (χ3v) is 3.22. The molecule has 0 radical (unpaired) electrons. The summed E-state index contributed by atoms with van der Waals surface area (Å²) in [6.45, 7) is 6.96. The zero-order chi connectivity index (χ0) is 15.8. The average Bonchev–Trinajstić information content (AvgIpc) is 2.49. The van der Waals surface area contributed by atoms with Crippen molar-refractivity contribution in [3.05, 3.63) is 29.8 Å². The molecule has 21 heavy (non-hydrogen) atoms. The predicted octanol–water partition coefficient (Wildman–Crippen LogP) is 2.24. The third-order valence-electron chi connectivity index (χ3n) is 3.22. The van der Waals surface area contributed by atoms with Gasteiger partial charge in [-0.1, -0.05) is 32.0 Å². The van der Waals surface area contributed by atoms with Crippen molar-refractivity contribution in [3.8, 4) is 5.75 Å². The van der Waals surface area contributed by atoms with E-state index in [1.54, 1.807) is 14.0 Å². The predicted molar refractivity (Wildman–Crippen MR) is 83.3 cm³/mol. The van der Waals surface area contributed by atoms with E-state index >= 15 is 0 Å². The summed E-state index contributed by atoms with van der Waals surface area (Å²) in [7, 11) is 1.66. The van der Waals surface area contributed by atoms with Crippen LogP contribution in [0.25, 0.3) is 0 Å². The Labute approximate surface area is 126 Å². The number of benzene rings is 1. The summed E-state index contributed by atoms with van der Waals surface area (Å²) in [4.78, 5) is 13.4. The van der Waals surface area contributed by atoms with Crippen molar-refractivity contribution >= 4 is 6.03 Å². The number of aliphatic hydroxyl groups excluding tert-OH is 1. The van der Waals surface area contributed by atoms with Crippen LogP contribution in [0.1, 0.15) is 26.3 Å². The summed E-state index contributed by atoms with van der Waals surface area (Å²) in [5.41, 5.74) is 0.941. The fourth-order valence-electron chi connectivity index (χ4n) is 1.67. The number of carbonyl (C=O) groups excluding carboxylic acids is 1. The second-order valence-electron chi connectivity index (χ2n) is 5.61. The Morgan fingerprint density at radius 1 is 1.33 bits per heavy atom. The third kappa shape index (κ3) is 5.63. The second kappa shape index (κ2) is 8.52. The Hall–Kier alpha value is -1.75. The van der Waals surface area contributed by atoms with Gasteiger partial charge in [0.15, 0.2) is 0 Å². The number of carbonyl (C=O) groups is 1. The first kappa shape index (κ1) is 17.3. The van der Waals surface area contributed by atoms with Gasteiger partial charge in [-0.3, -0.25) is 0 Å². The molecule has 0 saturated heterocycles. The number of nitrogens with zero attached hydrogens (tertiary/aromatic N) is 1. The van der Waals surface area contributed by atoms with Gasteiger partial charge in [-0.25, -0.2) is 4.79 Å². The molecule has 2 amide bonds. The van der Waals surface area contributed by atoms with Crippen LogP contribution in [0.4, 0.5) is 4.79 Å². The molecule has 0 bridgehead atoms. The number of amides is 2. The smallest absolute Gasteiger partial charge is 0.317 e. The van der Waals surface area contributed by atoms with Gasteiger partial charge in [0.05, 0.1) is 19.3 Å². The van der Waals surface area contributed by atoms with Crippen LogP contribution in [0.2, 0.25) is 0 Å². The van der Waals surface area contributed by atoms with E-state index in [1.165, 1.54) is 4.90 Å². The van der Waals surface area contributed by atoms with E-state index in [0.717, 1.165) is 11.3 Å². The molecule has 1 unspecified atom stereocenters. The van der Waals surface area contributed by atoms with E-state index in [1.807, 2.05) is 24.3 Å². The van der Waals surface area contributed by atoms with Gasteiger partial charge < -0.3 is 20.1 Å². The molecule has 0 aromatic heterocycles. The van der Waals surface area contributed by atoms with Crippen molar-refractivity contribution in [2.45, 2.75) is 33.4 Å². The first-order chi connectivity index (χ1) is 9.95. The zero-order valence-corrected chi connectivity index (χ0v) is 13.3. The summed E-state index contributed by atoms with van der Waals surface area (Å²) in [5, 5.41) is 11.9. The summed E-state index contributed by atoms with van der Waals surface area (Å²) in [6.07, 6.45) is 0. The zero-order valence-electron chi connectivity index (χ0n) is 13.3. The van der Waals surface area contributed by atoms with Crippen LogP contribution in [0, 0.1) is 5.92 Å². The summed E-state index contributed by atoms with van der Waals surface area (Å²) < 4.78 is 5.76. The van der Waals surface area contributed by atoms with Crippen LogP contribution >= 0.6 is 0 Å². The topological polar surface area (TPSA) is 61.8 Å². The first-order valence-electron chi connectivity index (χ1n) is 7.28. The second-order valence-corrected chi connectivity index (χ2v) is 5.61. The highest BCUT2D eigenvalue weighted by molar-refractivity contribution is 5.74. The number of likely N-dealkylation sites (N-methyl/N-ethyl adjacent to an activating group) is 1. The maximum Gasteiger partial charge on any atom is 0.317 e. The molecule has 0 spiro atoms. The van der Waals surface area contributed by atoms with Gasteiger partial charge in [-0.2, -0.15) is 0 Å². The van der Waals surface area contributed by atoms with Gasteiger partial charge in [0.2, 0.25) is 0 Å². The summed E-state index contributed by atoms with van der Waals surface area (Å²) in [6, 6.07) is 7.26. The number of ether oxygens (including phenoxy) is 1. The molecule has 118 valence electrons. The fraction of sp³-hybridized carbons (Fsp3) is 0.562. The SMILES string of the molecule is CC(C)COc1ccccc1CNC(=O)N(C)C(C)CO. The van der Waals surface area contributed by atoms with Crippen LogP contribution in [0.5, 0.6) is 5.75 Å². The molecular weight excluding hydrogens is 268 g/mol. The maximum absolute atomic E-state index is 12.0. The Balaban J connectivity index is 2.60. The molecule has 5 heteroatoms. The molecule has 1 aromatic carbocycles. The lowest BCUT2D eigenvalue weighted by Crippen LogP contribution is -2.43. The summed E-state index contributed by atoms with van der Waals surface area (Å²) >= 11 is 0. The van der Waals surface area contributed by atoms with E-state index in [0.29, 0.717) is 19.1 Å². The molecule has 1 atom stereocenters. The van der Waals surface area contributed by atoms with E-state index < -0.39 is 0 Å². The van der Waals surface area contributed by atoms with Gasteiger partial charge in [-0.05, 0) is 18.9 Å². The minimum absolute atomic E-state index is 0.0575. The number of rotatable bonds is 7. The highest BCUT2D eigenvalue weighted by Gasteiger charge is 2.14. The lowest BCUT2D eigenvalue weighted by molar-refractivity contribution is 0.157. The van der Waals surface area contributed by atoms with Gasteiger partial charge in [0.25, 0.3) is 0 Å². The van der Waals surface area contributed by atoms with Crippen LogP contribution in [0.3, 0.4) is 0 Å². The number of para-hydroxylation sites is 1. The minimum atomic E-state index is -0.213. The van der Waals surface area contributed by atoms with Gasteiger partial charge >= 0.3 is 6.03 Å². The van der Waals surface area contributed by atoms with Crippen LogP contribution < -0.4 is 10.1 Å². The van der Waals surface area contributed by atoms with E-state index in [-0.39, 0.29) is 18.7 Å². The quantitative estimate of drug-likeness (QED) is 0.811. The largest absolute Gasteiger partial charge is 0.493 e. The number of urea groups is 1. The Morgan fingerprint density at radius 2 is 2.00 bits per heavy atom. The van der Waals surface area contributed by atoms with Crippen molar-refractivity contribution in [2.75, 3.05) is 20.3 Å². The lowest BCUT2D eigenvalue weighted by Gasteiger charge is -2.23. The molecular formula is C16H26N2O3. The first-order valence-corrected chi connectivity index (χ1v) is 7.28. The normalized spacial score (nSPS) is 12.1. The van der Waals surface area contributed by atoms with Gasteiger partial charge in [0.1, 0.15) is 5.75 Å².